The normalized spacial score (nSPS) is 16.1. The third-order valence-corrected chi connectivity index (χ3v) is 8.65. The summed E-state index contributed by atoms with van der Waals surface area (Å²) in [5, 5.41) is 2.96. The van der Waals surface area contributed by atoms with Crippen LogP contribution >= 0.6 is 0 Å². The number of fused-ring (bicyclic) bond motifs is 1. The van der Waals surface area contributed by atoms with Crippen molar-refractivity contribution >= 4 is 17.5 Å². The zero-order chi connectivity index (χ0) is 29.3. The van der Waals surface area contributed by atoms with E-state index in [1.54, 1.807) is 24.3 Å². The lowest BCUT2D eigenvalue weighted by molar-refractivity contribution is -0.138. The lowest BCUT2D eigenvalue weighted by Crippen LogP contribution is -2.47. The lowest BCUT2D eigenvalue weighted by Gasteiger charge is -2.37. The van der Waals surface area contributed by atoms with E-state index in [-0.39, 0.29) is 11.8 Å². The van der Waals surface area contributed by atoms with Crippen molar-refractivity contribution in [2.24, 2.45) is 0 Å². The summed E-state index contributed by atoms with van der Waals surface area (Å²) in [6.07, 6.45) is 0.117. The SMILES string of the molecule is O=C(Nc1ccc2c(c1)CCN(C(=O)C1(c3ccccc3)CCCC1)C2)c1ccccc1-c1ccc(C(F)(F)F)cc1. The summed E-state index contributed by atoms with van der Waals surface area (Å²) in [6, 6.07) is 27.6. The van der Waals surface area contributed by atoms with Crippen LogP contribution < -0.4 is 5.32 Å². The number of anilines is 1. The fourth-order valence-corrected chi connectivity index (χ4v) is 6.44. The number of alkyl halides is 3. The maximum atomic E-state index is 13.9. The van der Waals surface area contributed by atoms with Gasteiger partial charge in [-0.3, -0.25) is 9.59 Å². The summed E-state index contributed by atoms with van der Waals surface area (Å²) in [4.78, 5) is 29.2. The minimum atomic E-state index is -4.42. The molecular weight excluding hydrogens is 537 g/mol. The van der Waals surface area contributed by atoms with Crippen molar-refractivity contribution in [3.05, 3.63) is 125 Å². The molecule has 1 aliphatic heterocycles. The van der Waals surface area contributed by atoms with Crippen LogP contribution in [0.5, 0.6) is 0 Å². The van der Waals surface area contributed by atoms with Crippen LogP contribution in [0, 0.1) is 0 Å². The van der Waals surface area contributed by atoms with Gasteiger partial charge in [0, 0.05) is 24.3 Å². The fraction of sp³-hybridized carbons (Fsp3) is 0.257. The molecule has 2 aliphatic rings. The van der Waals surface area contributed by atoms with Gasteiger partial charge in [0.15, 0.2) is 0 Å². The van der Waals surface area contributed by atoms with Crippen LogP contribution in [0.15, 0.2) is 97.1 Å². The number of hydrogen-bond acceptors (Lipinski definition) is 2. The van der Waals surface area contributed by atoms with Crippen LogP contribution in [0.4, 0.5) is 18.9 Å². The molecule has 0 bridgehead atoms. The monoisotopic (exact) mass is 568 g/mol. The number of amides is 2. The van der Waals surface area contributed by atoms with Gasteiger partial charge in [-0.25, -0.2) is 0 Å². The predicted octanol–water partition coefficient (Wildman–Crippen LogP) is 8.02. The number of halogens is 3. The van der Waals surface area contributed by atoms with Crippen LogP contribution in [-0.2, 0) is 29.4 Å². The van der Waals surface area contributed by atoms with Gasteiger partial charge in [0.1, 0.15) is 0 Å². The van der Waals surface area contributed by atoms with Crippen molar-refractivity contribution < 1.29 is 22.8 Å². The second-order valence-electron chi connectivity index (χ2n) is 11.2. The van der Waals surface area contributed by atoms with Gasteiger partial charge >= 0.3 is 6.18 Å². The van der Waals surface area contributed by atoms with E-state index in [0.29, 0.717) is 41.9 Å². The van der Waals surface area contributed by atoms with Gasteiger partial charge in [0.2, 0.25) is 5.91 Å². The molecule has 1 fully saturated rings. The lowest BCUT2D eigenvalue weighted by atomic mass is 9.77. The molecule has 0 aromatic heterocycles. The van der Waals surface area contributed by atoms with Crippen molar-refractivity contribution in [2.45, 2.75) is 50.2 Å². The standard InChI is InChI=1S/C35H31F3N2O2/c36-35(37,38)28-15-12-24(13-16-28)30-10-4-5-11-31(30)32(41)39-29-17-14-26-23-40(21-18-25(26)22-29)33(42)34(19-6-7-20-34)27-8-2-1-3-9-27/h1-5,8-17,22H,6-7,18-21,23H2,(H,39,41). The van der Waals surface area contributed by atoms with Crippen LogP contribution in [-0.4, -0.2) is 23.3 Å². The second-order valence-corrected chi connectivity index (χ2v) is 11.2. The quantitative estimate of drug-likeness (QED) is 0.265. The van der Waals surface area contributed by atoms with E-state index < -0.39 is 17.2 Å². The maximum Gasteiger partial charge on any atom is 0.416 e. The van der Waals surface area contributed by atoms with Crippen LogP contribution in [0.1, 0.15) is 58.3 Å². The highest BCUT2D eigenvalue weighted by molar-refractivity contribution is 6.08. The molecular formula is C35H31F3N2O2. The molecule has 4 nitrogen and oxygen atoms in total. The molecule has 0 radical (unpaired) electrons. The van der Waals surface area contributed by atoms with Gasteiger partial charge in [-0.05, 0) is 77.4 Å². The third kappa shape index (κ3) is 5.31. The average molecular weight is 569 g/mol. The minimum Gasteiger partial charge on any atom is -0.337 e. The van der Waals surface area contributed by atoms with Gasteiger partial charge in [-0.2, -0.15) is 13.2 Å². The third-order valence-electron chi connectivity index (χ3n) is 8.65. The molecule has 214 valence electrons. The molecule has 42 heavy (non-hydrogen) atoms. The van der Waals surface area contributed by atoms with E-state index in [1.807, 2.05) is 41.3 Å². The van der Waals surface area contributed by atoms with Crippen LogP contribution in [0.2, 0.25) is 0 Å². The molecule has 6 rings (SSSR count). The predicted molar refractivity (Wildman–Crippen MR) is 157 cm³/mol. The Balaban J connectivity index is 1.18. The highest BCUT2D eigenvalue weighted by Gasteiger charge is 2.45. The summed E-state index contributed by atoms with van der Waals surface area (Å²) in [5.74, 6) is -0.141. The average Bonchev–Trinajstić information content (AvgIpc) is 3.52. The molecule has 1 saturated carbocycles. The number of rotatable bonds is 5. The number of carbonyl (C=O) groups excluding carboxylic acids is 2. The molecule has 4 aromatic rings. The zero-order valence-electron chi connectivity index (χ0n) is 23.1. The van der Waals surface area contributed by atoms with E-state index in [1.165, 1.54) is 12.1 Å². The first-order chi connectivity index (χ1) is 20.2. The Bertz CT molecular complexity index is 1610. The van der Waals surface area contributed by atoms with Gasteiger partial charge in [0.05, 0.1) is 11.0 Å². The Morgan fingerprint density at radius 1 is 0.786 bits per heavy atom. The summed E-state index contributed by atoms with van der Waals surface area (Å²) in [5.41, 5.74) is 4.16. The van der Waals surface area contributed by atoms with Gasteiger partial charge in [-0.1, -0.05) is 79.6 Å². The molecule has 0 saturated heterocycles. The van der Waals surface area contributed by atoms with Crippen LogP contribution in [0.25, 0.3) is 11.1 Å². The minimum absolute atomic E-state index is 0.203. The molecule has 0 unspecified atom stereocenters. The number of nitrogens with one attached hydrogen (secondary N) is 1. The van der Waals surface area contributed by atoms with Gasteiger partial charge in [0.25, 0.3) is 5.91 Å². The Morgan fingerprint density at radius 3 is 2.19 bits per heavy atom. The summed E-state index contributed by atoms with van der Waals surface area (Å²) >= 11 is 0. The Morgan fingerprint density at radius 2 is 1.48 bits per heavy atom. The molecule has 0 spiro atoms. The highest BCUT2D eigenvalue weighted by atomic mass is 19.4. The van der Waals surface area contributed by atoms with E-state index in [9.17, 15) is 22.8 Å². The summed E-state index contributed by atoms with van der Waals surface area (Å²) in [6.45, 7) is 1.16. The second kappa shape index (κ2) is 11.1. The fourth-order valence-electron chi connectivity index (χ4n) is 6.44. The number of nitrogens with zero attached hydrogens (tertiary/aromatic N) is 1. The molecule has 4 aromatic carbocycles. The summed E-state index contributed by atoms with van der Waals surface area (Å²) in [7, 11) is 0. The van der Waals surface area contributed by atoms with Crippen LogP contribution in [0.3, 0.4) is 0 Å². The van der Waals surface area contributed by atoms with E-state index in [0.717, 1.165) is 54.5 Å². The van der Waals surface area contributed by atoms with Crippen molar-refractivity contribution in [1.29, 1.82) is 0 Å². The molecule has 1 heterocycles. The van der Waals surface area contributed by atoms with Gasteiger partial charge < -0.3 is 10.2 Å². The smallest absolute Gasteiger partial charge is 0.337 e. The summed E-state index contributed by atoms with van der Waals surface area (Å²) < 4.78 is 39.1. The van der Waals surface area contributed by atoms with Crippen molar-refractivity contribution in [3.8, 4) is 11.1 Å². The first kappa shape index (κ1) is 27.8. The van der Waals surface area contributed by atoms with E-state index >= 15 is 0 Å². The molecule has 0 atom stereocenters. The Labute approximate surface area is 243 Å². The van der Waals surface area contributed by atoms with E-state index in [2.05, 4.69) is 17.4 Å². The topological polar surface area (TPSA) is 49.4 Å². The number of carbonyl (C=O) groups is 2. The molecule has 7 heteroatoms. The van der Waals surface area contributed by atoms with Crippen molar-refractivity contribution in [2.75, 3.05) is 11.9 Å². The first-order valence-corrected chi connectivity index (χ1v) is 14.3. The van der Waals surface area contributed by atoms with Crippen molar-refractivity contribution in [1.82, 2.24) is 4.90 Å². The molecule has 2 amide bonds. The molecule has 1 aliphatic carbocycles. The largest absolute Gasteiger partial charge is 0.416 e. The maximum absolute atomic E-state index is 13.9. The number of hydrogen-bond donors (Lipinski definition) is 1. The Kier molecular flexibility index (Phi) is 7.35. The van der Waals surface area contributed by atoms with E-state index in [4.69, 9.17) is 0 Å². The number of benzene rings is 4. The first-order valence-electron chi connectivity index (χ1n) is 14.3. The zero-order valence-corrected chi connectivity index (χ0v) is 23.1. The van der Waals surface area contributed by atoms with Gasteiger partial charge in [-0.15, -0.1) is 0 Å². The molecule has 1 N–H and O–H groups in total. The van der Waals surface area contributed by atoms with Crippen molar-refractivity contribution in [3.63, 3.8) is 0 Å². The Hall–Kier alpha value is -4.39. The highest BCUT2D eigenvalue weighted by Crippen LogP contribution is 2.43.